The summed E-state index contributed by atoms with van der Waals surface area (Å²) in [6, 6.07) is -1.85. The van der Waals surface area contributed by atoms with Crippen LogP contribution in [0, 0.1) is 17.8 Å². The zero-order valence-corrected chi connectivity index (χ0v) is 39.5. The number of carboxylic acid groups (broad SMARTS) is 1. The van der Waals surface area contributed by atoms with Gasteiger partial charge < -0.3 is 41.2 Å². The van der Waals surface area contributed by atoms with Gasteiger partial charge in [-0.15, -0.1) is 0 Å². The number of hydrogen-bond acceptors (Lipinski definition) is 11. The smallest absolute Gasteiger partial charge is 0.408 e. The van der Waals surface area contributed by atoms with Crippen molar-refractivity contribution < 1.29 is 47.8 Å². The number of aliphatic hydroxyl groups is 1. The van der Waals surface area contributed by atoms with Gasteiger partial charge in [-0.2, -0.15) is 0 Å². The second kappa shape index (κ2) is 37.5. The first-order valence-electron chi connectivity index (χ1n) is 18.3. The van der Waals surface area contributed by atoms with E-state index < -0.39 is 45.0 Å². The van der Waals surface area contributed by atoms with Crippen LogP contribution in [0.3, 0.4) is 0 Å². The number of rotatable bonds is 12. The Hall–Kier alpha value is -0.270. The van der Waals surface area contributed by atoms with E-state index in [4.69, 9.17) is 40.1 Å². The number of carbonyl (C=O) groups excluding carboxylic acids is 3. The van der Waals surface area contributed by atoms with Gasteiger partial charge in [-0.3, -0.25) is 9.59 Å². The van der Waals surface area contributed by atoms with Crippen LogP contribution in [0.15, 0.2) is 0 Å². The summed E-state index contributed by atoms with van der Waals surface area (Å²) in [5, 5.41) is 21.6. The number of carboxylic acids is 1. The molecule has 0 heterocycles. The van der Waals surface area contributed by atoms with E-state index in [2.05, 4.69) is 95.2 Å². The number of nitrogens with one attached hydrogen (secondary N) is 1. The average molecular weight is 1080 g/mol. The first-order valence-corrected chi connectivity index (χ1v) is 24.5. The summed E-state index contributed by atoms with van der Waals surface area (Å²) in [7, 11) is 7.36. The molecule has 1 amide bonds. The molecule has 3 saturated carbocycles. The van der Waals surface area contributed by atoms with Gasteiger partial charge in [-0.25, -0.2) is 13.8 Å². The van der Waals surface area contributed by atoms with Crippen LogP contribution < -0.4 is 16.8 Å². The highest BCUT2D eigenvalue weighted by atomic mass is 79.9. The highest BCUT2D eigenvalue weighted by Gasteiger charge is 2.30. The number of esters is 2. The maximum Gasteiger partial charge on any atom is 0.408 e. The third-order valence-electron chi connectivity index (χ3n) is 8.36. The summed E-state index contributed by atoms with van der Waals surface area (Å²) in [5.41, 5.74) is 10.1. The lowest BCUT2D eigenvalue weighted by atomic mass is 10.1. The monoisotopic (exact) mass is 1070 g/mol. The standard InChI is InChI=1S/C15H26BrNO4.C10H18BrNO2.C6H12O.C4H8BrNO2.3CH4.Cl2OS/c1-10-5-6-11(9-10)20-13(18)12(7-8-16)17-14(19)21-15(2,3)4;1-7-2-3-8(6-7)14-10(13)9(12)4-5-11;1-5-2-3-6(7)4-5;5-2-1-3(6)4(7)8;;;;1-4(2)3/h10-12H,5-9H2,1-4H3,(H,17,19);7-9H,2-6,12H2,1H3;5-7H,2-4H2,1H3;3H,1-2,6H2,(H,7,8);3*1H4;/t10?,11?,12-;7?,8?,9-;;3-;;;;/m00.0..../s1. The van der Waals surface area contributed by atoms with Gasteiger partial charge in [0.05, 0.1) is 6.10 Å². The van der Waals surface area contributed by atoms with Crippen LogP contribution in [0.5, 0.6) is 0 Å². The summed E-state index contributed by atoms with van der Waals surface area (Å²) >= 11 is 9.62. The molecule has 19 heteroatoms. The quantitative estimate of drug-likeness (QED) is 0.0534. The molecule has 3 fully saturated rings. The van der Waals surface area contributed by atoms with Crippen molar-refractivity contribution in [3.8, 4) is 0 Å². The van der Waals surface area contributed by atoms with Crippen molar-refractivity contribution in [2.45, 2.75) is 183 Å². The first kappa shape index (κ1) is 65.8. The Morgan fingerprint density at radius 3 is 1.40 bits per heavy atom. The van der Waals surface area contributed by atoms with Crippen LogP contribution in [0.25, 0.3) is 0 Å². The molecule has 7 N–H and O–H groups in total. The van der Waals surface area contributed by atoms with Crippen molar-refractivity contribution in [1.29, 1.82) is 0 Å². The Morgan fingerprint density at radius 1 is 0.737 bits per heavy atom. The number of halogens is 5. The summed E-state index contributed by atoms with van der Waals surface area (Å²) in [6.07, 6.45) is 10.4. The minimum absolute atomic E-state index is 0. The zero-order chi connectivity index (χ0) is 42.0. The molecular weight excluding hydrogens is 1000 g/mol. The molecule has 9 atom stereocenters. The lowest BCUT2D eigenvalue weighted by Gasteiger charge is -2.23. The normalized spacial score (nSPS) is 23.4. The van der Waals surface area contributed by atoms with Crippen molar-refractivity contribution >= 4 is 102 Å². The van der Waals surface area contributed by atoms with E-state index in [-0.39, 0.29) is 52.5 Å². The minimum atomic E-state index is -1.67. The van der Waals surface area contributed by atoms with E-state index in [9.17, 15) is 19.2 Å². The summed E-state index contributed by atoms with van der Waals surface area (Å²) < 4.78 is 25.1. The number of ether oxygens (including phenoxy) is 3. The second-order valence-corrected chi connectivity index (χ2v) is 19.8. The lowest BCUT2D eigenvalue weighted by Crippen LogP contribution is -2.45. The highest BCUT2D eigenvalue weighted by molar-refractivity contribution is 9.09. The number of amides is 1. The maximum absolute atomic E-state index is 12.2. The third kappa shape index (κ3) is 38.4. The number of aliphatic hydroxyl groups excluding tert-OH is 1. The molecule has 0 aliphatic heterocycles. The molecule has 0 aromatic heterocycles. The van der Waals surface area contributed by atoms with Gasteiger partial charge in [0.25, 0.3) is 0 Å². The fraction of sp³-hybridized carbons (Fsp3) is 0.895. The topological polar surface area (TPSA) is 218 Å². The van der Waals surface area contributed by atoms with Gasteiger partial charge >= 0.3 is 24.0 Å². The van der Waals surface area contributed by atoms with Crippen molar-refractivity contribution in [2.75, 3.05) is 16.0 Å². The second-order valence-electron chi connectivity index (χ2n) is 14.9. The van der Waals surface area contributed by atoms with Crippen LogP contribution in [-0.2, 0) is 37.8 Å². The van der Waals surface area contributed by atoms with Crippen molar-refractivity contribution in [1.82, 2.24) is 5.32 Å². The van der Waals surface area contributed by atoms with Crippen LogP contribution in [0.2, 0.25) is 0 Å². The average Bonchev–Trinajstić information content (AvgIpc) is 3.77. The fourth-order valence-corrected chi connectivity index (χ4v) is 6.93. The molecule has 3 aliphatic carbocycles. The third-order valence-corrected chi connectivity index (χ3v) is 9.73. The number of alkyl carbamates (subject to hydrolysis) is 1. The molecule has 0 aromatic carbocycles. The zero-order valence-electron chi connectivity index (χ0n) is 32.4. The molecular formula is C38H76Br3Cl2N3O10S. The maximum atomic E-state index is 12.2. The minimum Gasteiger partial charge on any atom is -0.480 e. The molecule has 0 spiro atoms. The van der Waals surface area contributed by atoms with Crippen LogP contribution >= 0.6 is 69.2 Å². The van der Waals surface area contributed by atoms with Gasteiger partial charge in [0, 0.05) is 37.4 Å². The van der Waals surface area contributed by atoms with Crippen molar-refractivity contribution in [3.63, 3.8) is 0 Å². The lowest BCUT2D eigenvalue weighted by molar-refractivity contribution is -0.152. The summed E-state index contributed by atoms with van der Waals surface area (Å²) in [6.45, 7) is 11.9. The van der Waals surface area contributed by atoms with Gasteiger partial charge in [0.2, 0.25) is 9.23 Å². The molecule has 13 nitrogen and oxygen atoms in total. The number of alkyl halides is 3. The predicted octanol–water partition coefficient (Wildman–Crippen LogP) is 9.53. The number of aliphatic carboxylic acids is 1. The van der Waals surface area contributed by atoms with Crippen LogP contribution in [0.1, 0.15) is 141 Å². The van der Waals surface area contributed by atoms with Gasteiger partial charge in [-0.1, -0.05) is 90.8 Å². The Morgan fingerprint density at radius 2 is 1.12 bits per heavy atom. The van der Waals surface area contributed by atoms with Crippen molar-refractivity contribution in [2.24, 2.45) is 29.2 Å². The Balaban J connectivity index is -0.000000216. The molecule has 344 valence electrons. The molecule has 0 radical (unpaired) electrons. The van der Waals surface area contributed by atoms with Gasteiger partial charge in [0.1, 0.15) is 35.9 Å². The SMILES string of the molecule is C.C.C.CC1CCC(O)C1.CC1CCC(OC(=O)[C@@H](N)CCBr)C1.CC1CCC(OC(=O)[C@H](CCBr)NC(=O)OC(C)(C)C)C1.N[C@@H](CCBr)C(=O)O.O=S(Cl)Cl. The van der Waals surface area contributed by atoms with E-state index in [1.54, 1.807) is 20.8 Å². The summed E-state index contributed by atoms with van der Waals surface area (Å²) in [5.74, 6) is 0.485. The largest absolute Gasteiger partial charge is 0.480 e. The van der Waals surface area contributed by atoms with Crippen LogP contribution in [0.4, 0.5) is 4.79 Å². The predicted molar refractivity (Wildman–Crippen MR) is 247 cm³/mol. The Bertz CT molecular complexity index is 1090. The molecule has 0 aromatic rings. The molecule has 57 heavy (non-hydrogen) atoms. The Labute approximate surface area is 381 Å². The van der Waals surface area contributed by atoms with Gasteiger partial charge in [0.15, 0.2) is 0 Å². The van der Waals surface area contributed by atoms with E-state index >= 15 is 0 Å². The van der Waals surface area contributed by atoms with E-state index in [0.717, 1.165) is 62.6 Å². The van der Waals surface area contributed by atoms with E-state index in [1.807, 2.05) is 0 Å². The Kier molecular flexibility index (Phi) is 43.3. The van der Waals surface area contributed by atoms with Gasteiger partial charge in [-0.05, 0) is 116 Å². The van der Waals surface area contributed by atoms with E-state index in [0.29, 0.717) is 41.8 Å². The molecule has 3 rings (SSSR count). The first-order chi connectivity index (χ1) is 25.0. The molecule has 3 aliphatic rings. The summed E-state index contributed by atoms with van der Waals surface area (Å²) in [4.78, 5) is 45.3. The fourth-order valence-electron chi connectivity index (χ4n) is 5.48. The van der Waals surface area contributed by atoms with E-state index in [1.165, 1.54) is 6.42 Å². The molecule has 6 unspecified atom stereocenters. The number of carbonyl (C=O) groups is 4. The molecule has 0 bridgehead atoms. The number of nitrogens with two attached hydrogens (primary N) is 2. The van der Waals surface area contributed by atoms with Crippen LogP contribution in [-0.4, -0.2) is 96.5 Å². The van der Waals surface area contributed by atoms with Crippen molar-refractivity contribution in [3.05, 3.63) is 0 Å². The number of hydrogen-bond donors (Lipinski definition) is 5. The molecule has 0 saturated heterocycles. The highest BCUT2D eigenvalue weighted by Crippen LogP contribution is 2.28.